The number of fused-ring (bicyclic) bond motifs is 1. The van der Waals surface area contributed by atoms with Crippen LogP contribution in [0.15, 0.2) is 6.58 Å². The van der Waals surface area contributed by atoms with Gasteiger partial charge < -0.3 is 0 Å². The maximum absolute atomic E-state index is 9.48. The third kappa shape index (κ3) is 2.76. The molecule has 0 N–H and O–H groups in total. The molecule has 2 heteroatoms. The molecule has 0 amide bonds. The van der Waals surface area contributed by atoms with E-state index in [4.69, 9.17) is 0 Å². The molecule has 1 aromatic rings. The first-order chi connectivity index (χ1) is 10.4. The number of thiophene rings is 1. The largest absolute Gasteiger partial charge is 0.192 e. The van der Waals surface area contributed by atoms with Crippen molar-refractivity contribution in [1.29, 1.82) is 5.26 Å². The summed E-state index contributed by atoms with van der Waals surface area (Å²) < 4.78 is 0. The van der Waals surface area contributed by atoms with E-state index in [-0.39, 0.29) is 0 Å². The van der Waals surface area contributed by atoms with E-state index >= 15 is 0 Å². The summed E-state index contributed by atoms with van der Waals surface area (Å²) in [6.45, 7) is 11.2. The van der Waals surface area contributed by atoms with Crippen LogP contribution in [-0.4, -0.2) is 0 Å². The lowest BCUT2D eigenvalue weighted by molar-refractivity contribution is 0.317. The highest BCUT2D eigenvalue weighted by molar-refractivity contribution is 7.12. The molecule has 0 spiro atoms. The Morgan fingerprint density at radius 2 is 2.05 bits per heavy atom. The second kappa shape index (κ2) is 5.85. The van der Waals surface area contributed by atoms with Gasteiger partial charge in [-0.05, 0) is 48.5 Å². The van der Waals surface area contributed by atoms with Crippen LogP contribution in [0.1, 0.15) is 79.7 Å². The second-order valence-corrected chi connectivity index (χ2v) is 9.18. The molecule has 2 aliphatic carbocycles. The monoisotopic (exact) mass is 313 g/mol. The van der Waals surface area contributed by atoms with E-state index in [1.54, 1.807) is 4.88 Å². The smallest absolute Gasteiger partial charge is 0.0992 e. The molecule has 2 atom stereocenters. The van der Waals surface area contributed by atoms with Crippen LogP contribution in [0.4, 0.5) is 0 Å². The maximum atomic E-state index is 9.48. The van der Waals surface area contributed by atoms with Gasteiger partial charge in [0.1, 0.15) is 0 Å². The van der Waals surface area contributed by atoms with Crippen molar-refractivity contribution in [2.75, 3.05) is 0 Å². The van der Waals surface area contributed by atoms with Crippen molar-refractivity contribution in [3.05, 3.63) is 27.5 Å². The highest BCUT2D eigenvalue weighted by Gasteiger charge is 2.34. The molecule has 0 aliphatic heterocycles. The quantitative estimate of drug-likeness (QED) is 0.606. The first-order valence-corrected chi connectivity index (χ1v) is 9.48. The lowest BCUT2D eigenvalue weighted by Gasteiger charge is -2.30. The van der Waals surface area contributed by atoms with Crippen molar-refractivity contribution in [2.45, 2.75) is 71.6 Å². The van der Waals surface area contributed by atoms with Crippen LogP contribution in [0, 0.1) is 22.7 Å². The van der Waals surface area contributed by atoms with E-state index in [2.05, 4.69) is 33.4 Å². The van der Waals surface area contributed by atoms with Crippen molar-refractivity contribution in [3.8, 4) is 6.07 Å². The fraction of sp³-hybridized carbons (Fsp3) is 0.650. The number of allylic oxidation sites excluding steroid dienone is 1. The van der Waals surface area contributed by atoms with Crippen molar-refractivity contribution in [3.63, 3.8) is 0 Å². The summed E-state index contributed by atoms with van der Waals surface area (Å²) in [7, 11) is 0. The zero-order valence-corrected chi connectivity index (χ0v) is 15.0. The predicted molar refractivity (Wildman–Crippen MR) is 95.1 cm³/mol. The fourth-order valence-electron chi connectivity index (χ4n) is 4.29. The summed E-state index contributed by atoms with van der Waals surface area (Å²) in [5.41, 5.74) is 3.76. The summed E-state index contributed by atoms with van der Waals surface area (Å²) in [6, 6.07) is 2.35. The van der Waals surface area contributed by atoms with Gasteiger partial charge >= 0.3 is 0 Å². The molecule has 2 unspecified atom stereocenters. The van der Waals surface area contributed by atoms with Crippen molar-refractivity contribution in [1.82, 2.24) is 0 Å². The molecule has 2 aliphatic rings. The van der Waals surface area contributed by atoms with E-state index in [9.17, 15) is 5.26 Å². The van der Waals surface area contributed by atoms with Gasteiger partial charge in [0.05, 0.1) is 11.6 Å². The first kappa shape index (κ1) is 15.8. The Labute approximate surface area is 139 Å². The van der Waals surface area contributed by atoms with Gasteiger partial charge in [0.25, 0.3) is 0 Å². The highest BCUT2D eigenvalue weighted by Crippen LogP contribution is 2.49. The van der Waals surface area contributed by atoms with E-state index in [1.807, 2.05) is 11.3 Å². The van der Waals surface area contributed by atoms with Crippen LogP contribution in [0.2, 0.25) is 0 Å². The molecule has 1 nitrogen and oxygen atoms in total. The molecule has 1 fully saturated rings. The third-order valence-corrected chi connectivity index (χ3v) is 7.11. The fourth-order valence-corrected chi connectivity index (χ4v) is 5.91. The minimum atomic E-state index is 0.355. The molecule has 0 bridgehead atoms. The van der Waals surface area contributed by atoms with Crippen LogP contribution in [0.5, 0.6) is 0 Å². The zero-order valence-electron chi connectivity index (χ0n) is 14.2. The average molecular weight is 314 g/mol. The lowest BCUT2D eigenvalue weighted by Crippen LogP contribution is -2.21. The molecule has 1 saturated carbocycles. The Kier molecular flexibility index (Phi) is 4.21. The molecule has 118 valence electrons. The summed E-state index contributed by atoms with van der Waals surface area (Å²) in [4.78, 5) is 3.03. The van der Waals surface area contributed by atoms with Gasteiger partial charge in [0, 0.05) is 15.3 Å². The average Bonchev–Trinajstić information content (AvgIpc) is 2.84. The summed E-state index contributed by atoms with van der Waals surface area (Å²) in [5, 5.41) is 9.48. The van der Waals surface area contributed by atoms with Crippen LogP contribution >= 0.6 is 11.3 Å². The van der Waals surface area contributed by atoms with Gasteiger partial charge in [0.2, 0.25) is 0 Å². The third-order valence-electron chi connectivity index (χ3n) is 5.69. The molecule has 1 aromatic heterocycles. The SMILES string of the molecule is C=C(C#N)c1c(C2CCCCC2C)sc2c1CC(C)(C)CC2. The number of hydrogen-bond donors (Lipinski definition) is 0. The summed E-state index contributed by atoms with van der Waals surface area (Å²) in [5.74, 6) is 1.39. The van der Waals surface area contributed by atoms with E-state index < -0.39 is 0 Å². The van der Waals surface area contributed by atoms with Crippen molar-refractivity contribution >= 4 is 16.9 Å². The number of nitriles is 1. The van der Waals surface area contributed by atoms with Crippen molar-refractivity contribution in [2.24, 2.45) is 11.3 Å². The maximum Gasteiger partial charge on any atom is 0.0992 e. The molecule has 0 aromatic carbocycles. The number of nitrogens with zero attached hydrogens (tertiary/aromatic N) is 1. The Bertz CT molecular complexity index is 629. The van der Waals surface area contributed by atoms with Crippen LogP contribution in [0.25, 0.3) is 5.57 Å². The van der Waals surface area contributed by atoms with Crippen LogP contribution < -0.4 is 0 Å². The topological polar surface area (TPSA) is 23.8 Å². The van der Waals surface area contributed by atoms with E-state index in [0.29, 0.717) is 16.9 Å². The van der Waals surface area contributed by atoms with Gasteiger partial charge in [0.15, 0.2) is 0 Å². The normalized spacial score (nSPS) is 27.0. The molecule has 0 saturated heterocycles. The number of rotatable bonds is 2. The first-order valence-electron chi connectivity index (χ1n) is 8.67. The van der Waals surface area contributed by atoms with E-state index in [0.717, 1.165) is 12.3 Å². The zero-order chi connectivity index (χ0) is 15.9. The molecule has 3 rings (SSSR count). The Balaban J connectivity index is 2.09. The molecule has 0 radical (unpaired) electrons. The van der Waals surface area contributed by atoms with Crippen LogP contribution in [0.3, 0.4) is 0 Å². The molecule has 1 heterocycles. The molecular weight excluding hydrogens is 286 g/mol. The van der Waals surface area contributed by atoms with Crippen molar-refractivity contribution < 1.29 is 0 Å². The Morgan fingerprint density at radius 1 is 1.32 bits per heavy atom. The Morgan fingerprint density at radius 3 is 2.73 bits per heavy atom. The minimum absolute atomic E-state index is 0.355. The van der Waals surface area contributed by atoms with Gasteiger partial charge in [-0.1, -0.05) is 46.6 Å². The Hall–Kier alpha value is -1.07. The molecular formula is C20H27NS. The minimum Gasteiger partial charge on any atom is -0.192 e. The van der Waals surface area contributed by atoms with Crippen LogP contribution in [-0.2, 0) is 12.8 Å². The summed E-state index contributed by atoms with van der Waals surface area (Å²) >= 11 is 2.00. The van der Waals surface area contributed by atoms with E-state index in [1.165, 1.54) is 54.5 Å². The highest BCUT2D eigenvalue weighted by atomic mass is 32.1. The second-order valence-electron chi connectivity index (χ2n) is 8.04. The van der Waals surface area contributed by atoms with Gasteiger partial charge in [-0.15, -0.1) is 11.3 Å². The predicted octanol–water partition coefficient (Wildman–Crippen LogP) is 6.09. The molecule has 22 heavy (non-hydrogen) atoms. The standard InChI is InChI=1S/C20H27NS/c1-13-7-5-6-8-15(13)19-18(14(2)12-21)16-11-20(3,4)10-9-17(16)22-19/h13,15H,2,5-11H2,1,3-4H3. The van der Waals surface area contributed by atoms with Gasteiger partial charge in [-0.25, -0.2) is 0 Å². The number of aryl methyl sites for hydroxylation is 1. The lowest BCUT2D eigenvalue weighted by atomic mass is 9.73. The van der Waals surface area contributed by atoms with Gasteiger partial charge in [-0.2, -0.15) is 5.26 Å². The number of hydrogen-bond acceptors (Lipinski definition) is 2. The summed E-state index contributed by atoms with van der Waals surface area (Å²) in [6.07, 6.45) is 8.87. The van der Waals surface area contributed by atoms with Gasteiger partial charge in [-0.3, -0.25) is 0 Å².